The van der Waals surface area contributed by atoms with E-state index in [-0.39, 0.29) is 24.0 Å². The van der Waals surface area contributed by atoms with Gasteiger partial charge >= 0.3 is 0 Å². The zero-order chi connectivity index (χ0) is 13.5. The van der Waals surface area contributed by atoms with E-state index in [2.05, 4.69) is 22.5 Å². The zero-order valence-corrected chi connectivity index (χ0v) is 15.1. The lowest BCUT2D eigenvalue weighted by atomic mass is 10.1. The van der Waals surface area contributed by atoms with Crippen molar-refractivity contribution < 1.29 is 4.74 Å². The Labute approximate surface area is 139 Å². The van der Waals surface area contributed by atoms with Crippen LogP contribution in [0.15, 0.2) is 4.99 Å². The summed E-state index contributed by atoms with van der Waals surface area (Å²) in [5.74, 6) is 1.66. The second-order valence-electron chi connectivity index (χ2n) is 5.52. The van der Waals surface area contributed by atoms with Gasteiger partial charge in [-0.15, -0.1) is 24.0 Å². The Hall–Kier alpha value is -0.0800. The molecule has 1 saturated heterocycles. The molecule has 1 aliphatic heterocycles. The number of hydrogen-bond acceptors (Lipinski definition) is 3. The first kappa shape index (κ1) is 18.0. The monoisotopic (exact) mass is 396 g/mol. The molecule has 0 bridgehead atoms. The molecule has 1 saturated carbocycles. The minimum atomic E-state index is 0. The Balaban J connectivity index is 0.00000200. The van der Waals surface area contributed by atoms with Gasteiger partial charge in [-0.05, 0) is 38.6 Å². The number of methoxy groups -OCH3 is 1. The van der Waals surface area contributed by atoms with Crippen LogP contribution in [0.25, 0.3) is 0 Å². The summed E-state index contributed by atoms with van der Waals surface area (Å²) in [4.78, 5) is 7.34. The first-order valence-corrected chi connectivity index (χ1v) is 7.58. The second-order valence-corrected chi connectivity index (χ2v) is 5.52. The molecule has 1 unspecified atom stereocenters. The second kappa shape index (κ2) is 9.78. The van der Waals surface area contributed by atoms with Gasteiger partial charge in [0.1, 0.15) is 0 Å². The van der Waals surface area contributed by atoms with Crippen LogP contribution in [0.3, 0.4) is 0 Å². The highest BCUT2D eigenvalue weighted by molar-refractivity contribution is 14.0. The van der Waals surface area contributed by atoms with Crippen molar-refractivity contribution in [3.8, 4) is 0 Å². The topological polar surface area (TPSA) is 48.9 Å². The Morgan fingerprint density at radius 3 is 2.75 bits per heavy atom. The maximum atomic E-state index is 5.04. The van der Waals surface area contributed by atoms with Gasteiger partial charge in [-0.25, -0.2) is 0 Å². The van der Waals surface area contributed by atoms with Crippen molar-refractivity contribution in [2.45, 2.75) is 32.2 Å². The fourth-order valence-corrected chi connectivity index (χ4v) is 2.62. The number of nitrogens with zero attached hydrogens (tertiary/aromatic N) is 2. The fourth-order valence-electron chi connectivity index (χ4n) is 2.62. The molecule has 20 heavy (non-hydrogen) atoms. The highest BCUT2D eigenvalue weighted by Crippen LogP contribution is 2.31. The highest BCUT2D eigenvalue weighted by Gasteiger charge is 2.34. The van der Waals surface area contributed by atoms with Gasteiger partial charge in [0.05, 0.1) is 6.61 Å². The molecule has 1 atom stereocenters. The quantitative estimate of drug-likeness (QED) is 0.295. The van der Waals surface area contributed by atoms with Crippen molar-refractivity contribution in [2.24, 2.45) is 10.9 Å². The first-order chi connectivity index (χ1) is 9.33. The highest BCUT2D eigenvalue weighted by atomic mass is 127. The average Bonchev–Trinajstić information content (AvgIpc) is 3.16. The van der Waals surface area contributed by atoms with Crippen LogP contribution in [0.2, 0.25) is 0 Å². The average molecular weight is 396 g/mol. The van der Waals surface area contributed by atoms with Crippen LogP contribution in [0.5, 0.6) is 0 Å². The smallest absolute Gasteiger partial charge is 0.191 e. The lowest BCUT2D eigenvalue weighted by Crippen LogP contribution is -2.39. The van der Waals surface area contributed by atoms with E-state index in [4.69, 9.17) is 9.73 Å². The van der Waals surface area contributed by atoms with Gasteiger partial charge in [-0.3, -0.25) is 4.99 Å². The van der Waals surface area contributed by atoms with Crippen LogP contribution >= 0.6 is 24.0 Å². The molecule has 2 aliphatic rings. The Bertz CT molecular complexity index is 297. The zero-order valence-electron chi connectivity index (χ0n) is 12.7. The van der Waals surface area contributed by atoms with E-state index in [1.54, 1.807) is 7.11 Å². The van der Waals surface area contributed by atoms with Crippen LogP contribution in [0.1, 0.15) is 26.2 Å². The number of hydrogen-bond donors (Lipinski definition) is 2. The summed E-state index contributed by atoms with van der Waals surface area (Å²) in [5, 5.41) is 6.57. The number of ether oxygens (including phenoxy) is 1. The van der Waals surface area contributed by atoms with Gasteiger partial charge in [0.15, 0.2) is 5.96 Å². The van der Waals surface area contributed by atoms with Crippen molar-refractivity contribution in [1.29, 1.82) is 0 Å². The van der Waals surface area contributed by atoms with Crippen LogP contribution in [0, 0.1) is 5.92 Å². The Morgan fingerprint density at radius 1 is 1.30 bits per heavy atom. The van der Waals surface area contributed by atoms with Gasteiger partial charge in [-0.1, -0.05) is 0 Å². The molecule has 0 aromatic carbocycles. The van der Waals surface area contributed by atoms with Crippen LogP contribution in [0.4, 0.5) is 0 Å². The van der Waals surface area contributed by atoms with Gasteiger partial charge in [-0.2, -0.15) is 0 Å². The Kier molecular flexibility index (Phi) is 8.79. The summed E-state index contributed by atoms with van der Waals surface area (Å²) < 4.78 is 5.04. The molecule has 0 amide bonds. The largest absolute Gasteiger partial charge is 0.383 e. The predicted molar refractivity (Wildman–Crippen MR) is 94.0 cm³/mol. The van der Waals surface area contributed by atoms with Gasteiger partial charge < -0.3 is 20.3 Å². The molecular formula is C14H29IN4O. The van der Waals surface area contributed by atoms with Gasteiger partial charge in [0, 0.05) is 39.3 Å². The summed E-state index contributed by atoms with van der Waals surface area (Å²) in [6.07, 6.45) is 4.13. The van der Waals surface area contributed by atoms with Crippen molar-refractivity contribution in [3.63, 3.8) is 0 Å². The minimum Gasteiger partial charge on any atom is -0.383 e. The molecular weight excluding hydrogens is 367 g/mol. The molecule has 1 aliphatic carbocycles. The van der Waals surface area contributed by atoms with E-state index in [0.717, 1.165) is 37.6 Å². The third-order valence-electron chi connectivity index (χ3n) is 3.83. The van der Waals surface area contributed by atoms with Crippen molar-refractivity contribution in [1.82, 2.24) is 15.5 Å². The summed E-state index contributed by atoms with van der Waals surface area (Å²) >= 11 is 0. The number of rotatable bonds is 7. The summed E-state index contributed by atoms with van der Waals surface area (Å²) in [6, 6.07) is 0.905. The molecule has 1 heterocycles. The molecule has 2 N–H and O–H groups in total. The summed E-state index contributed by atoms with van der Waals surface area (Å²) in [7, 11) is 1.72. The number of halogens is 1. The lowest BCUT2D eigenvalue weighted by Gasteiger charge is -2.15. The molecule has 2 rings (SSSR count). The summed E-state index contributed by atoms with van der Waals surface area (Å²) in [6.45, 7) is 7.97. The van der Waals surface area contributed by atoms with E-state index in [9.17, 15) is 0 Å². The molecule has 0 aromatic rings. The molecule has 6 heteroatoms. The minimum absolute atomic E-state index is 0. The first-order valence-electron chi connectivity index (χ1n) is 7.58. The lowest BCUT2D eigenvalue weighted by molar-refractivity contribution is 0.203. The van der Waals surface area contributed by atoms with Crippen molar-refractivity contribution >= 4 is 29.9 Å². The maximum Gasteiger partial charge on any atom is 0.191 e. The van der Waals surface area contributed by atoms with Crippen molar-refractivity contribution in [2.75, 3.05) is 46.4 Å². The maximum absolute atomic E-state index is 5.04. The van der Waals surface area contributed by atoms with Gasteiger partial charge in [0.2, 0.25) is 0 Å². The van der Waals surface area contributed by atoms with E-state index in [0.29, 0.717) is 6.61 Å². The standard InChI is InChI=1S/C14H28N4O.HI/c1-3-15-14(16-7-9-19-2)17-10-12-6-8-18(11-12)13-4-5-13;/h12-13H,3-11H2,1-2H3,(H2,15,16,17);1H. The molecule has 0 aromatic heterocycles. The predicted octanol–water partition coefficient (Wildman–Crippen LogP) is 1.29. The number of likely N-dealkylation sites (tertiary alicyclic amines) is 1. The van der Waals surface area contributed by atoms with Crippen LogP contribution in [-0.4, -0.2) is 63.3 Å². The molecule has 118 valence electrons. The Morgan fingerprint density at radius 2 is 2.10 bits per heavy atom. The van der Waals surface area contributed by atoms with E-state index < -0.39 is 0 Å². The fraction of sp³-hybridized carbons (Fsp3) is 0.929. The SMILES string of the molecule is CCNC(=NCC1CCN(C2CC2)C1)NCCOC.I. The third-order valence-corrected chi connectivity index (χ3v) is 3.83. The van der Waals surface area contributed by atoms with Crippen molar-refractivity contribution in [3.05, 3.63) is 0 Å². The number of nitrogens with one attached hydrogen (secondary N) is 2. The van der Waals surface area contributed by atoms with E-state index in [1.807, 2.05) is 0 Å². The van der Waals surface area contributed by atoms with Crippen LogP contribution < -0.4 is 10.6 Å². The number of aliphatic imine (C=N–C) groups is 1. The third kappa shape index (κ3) is 6.13. The molecule has 2 fully saturated rings. The van der Waals surface area contributed by atoms with Crippen LogP contribution in [-0.2, 0) is 4.74 Å². The normalized spacial score (nSPS) is 23.5. The molecule has 0 spiro atoms. The van der Waals surface area contributed by atoms with Gasteiger partial charge in [0.25, 0.3) is 0 Å². The molecule has 0 radical (unpaired) electrons. The number of guanidine groups is 1. The summed E-state index contributed by atoms with van der Waals surface area (Å²) in [5.41, 5.74) is 0. The molecule has 5 nitrogen and oxygen atoms in total. The van der Waals surface area contributed by atoms with E-state index >= 15 is 0 Å². The van der Waals surface area contributed by atoms with E-state index in [1.165, 1.54) is 32.4 Å².